The smallest absolute Gasteiger partial charge is 0.258 e. The summed E-state index contributed by atoms with van der Waals surface area (Å²) in [7, 11) is 1.95. The second-order valence-electron chi connectivity index (χ2n) is 7.46. The lowest BCUT2D eigenvalue weighted by Crippen LogP contribution is -2.23. The third kappa shape index (κ3) is 3.44. The van der Waals surface area contributed by atoms with Gasteiger partial charge in [0.1, 0.15) is 16.5 Å². The summed E-state index contributed by atoms with van der Waals surface area (Å²) in [6.07, 6.45) is 3.50. The normalized spacial score (nSPS) is 11.3. The van der Waals surface area contributed by atoms with Crippen molar-refractivity contribution in [2.45, 2.75) is 20.4 Å². The summed E-state index contributed by atoms with van der Waals surface area (Å²) in [5.74, 6) is 2.02. The number of nitrogens with zero attached hydrogens (tertiary/aromatic N) is 5. The number of hydrogen-bond acceptors (Lipinski definition) is 7. The zero-order valence-electron chi connectivity index (χ0n) is 17.4. The Labute approximate surface area is 182 Å². The quantitative estimate of drug-likeness (QED) is 0.461. The van der Waals surface area contributed by atoms with E-state index in [1.165, 1.54) is 10.4 Å². The minimum absolute atomic E-state index is 0.138. The SMILES string of the molecule is Cc1sc2nc(-c3cccnc3)nc(N(C)Cc3nc4ccccc4c(=O)[nH]3)c2c1C. The van der Waals surface area contributed by atoms with Gasteiger partial charge in [0.05, 0.1) is 22.8 Å². The maximum Gasteiger partial charge on any atom is 0.258 e. The fourth-order valence-electron chi connectivity index (χ4n) is 3.64. The molecule has 4 heterocycles. The molecule has 0 bridgehead atoms. The van der Waals surface area contributed by atoms with E-state index in [1.54, 1.807) is 29.8 Å². The van der Waals surface area contributed by atoms with Crippen LogP contribution in [0.25, 0.3) is 32.5 Å². The van der Waals surface area contributed by atoms with Crippen LogP contribution in [0.4, 0.5) is 5.82 Å². The van der Waals surface area contributed by atoms with E-state index in [9.17, 15) is 4.79 Å². The zero-order chi connectivity index (χ0) is 21.5. The van der Waals surface area contributed by atoms with Gasteiger partial charge in [-0.1, -0.05) is 12.1 Å². The Kier molecular flexibility index (Phi) is 4.71. The number of aryl methyl sites for hydroxylation is 2. The molecule has 0 aliphatic carbocycles. The van der Waals surface area contributed by atoms with Gasteiger partial charge in [-0.15, -0.1) is 11.3 Å². The van der Waals surface area contributed by atoms with E-state index >= 15 is 0 Å². The number of aromatic nitrogens is 5. The van der Waals surface area contributed by atoms with Gasteiger partial charge in [-0.3, -0.25) is 9.78 Å². The summed E-state index contributed by atoms with van der Waals surface area (Å²) in [6, 6.07) is 11.2. The van der Waals surface area contributed by atoms with Gasteiger partial charge in [0.25, 0.3) is 5.56 Å². The maximum absolute atomic E-state index is 12.5. The number of aromatic amines is 1. The number of nitrogens with one attached hydrogen (secondary N) is 1. The van der Waals surface area contributed by atoms with E-state index in [1.807, 2.05) is 42.3 Å². The zero-order valence-corrected chi connectivity index (χ0v) is 18.2. The van der Waals surface area contributed by atoms with Crippen molar-refractivity contribution in [3.63, 3.8) is 0 Å². The number of para-hydroxylation sites is 1. The first-order valence-corrected chi connectivity index (χ1v) is 10.7. The summed E-state index contributed by atoms with van der Waals surface area (Å²) < 4.78 is 0. The molecule has 5 aromatic rings. The second kappa shape index (κ2) is 7.55. The molecule has 0 aliphatic rings. The van der Waals surface area contributed by atoms with Gasteiger partial charge in [-0.05, 0) is 43.7 Å². The molecule has 8 heteroatoms. The molecule has 1 aromatic carbocycles. The van der Waals surface area contributed by atoms with E-state index in [0.717, 1.165) is 21.6 Å². The molecule has 1 N–H and O–H groups in total. The number of pyridine rings is 1. The van der Waals surface area contributed by atoms with Crippen LogP contribution in [-0.2, 0) is 6.54 Å². The van der Waals surface area contributed by atoms with E-state index in [4.69, 9.17) is 9.97 Å². The van der Waals surface area contributed by atoms with Crippen molar-refractivity contribution >= 4 is 38.3 Å². The maximum atomic E-state index is 12.5. The first kappa shape index (κ1) is 19.3. The van der Waals surface area contributed by atoms with Crippen LogP contribution in [0.5, 0.6) is 0 Å². The first-order valence-electron chi connectivity index (χ1n) is 9.88. The molecule has 0 unspecified atom stereocenters. The highest BCUT2D eigenvalue weighted by Gasteiger charge is 2.19. The summed E-state index contributed by atoms with van der Waals surface area (Å²) >= 11 is 1.66. The van der Waals surface area contributed by atoms with Crippen LogP contribution in [-0.4, -0.2) is 32.0 Å². The molecular formula is C23H20N6OS. The molecule has 0 fully saturated rings. The molecule has 0 amide bonds. The Bertz CT molecular complexity index is 1470. The summed E-state index contributed by atoms with van der Waals surface area (Å²) in [5.41, 5.74) is 2.57. The van der Waals surface area contributed by atoms with Crippen LogP contribution in [0.3, 0.4) is 0 Å². The van der Waals surface area contributed by atoms with Crippen LogP contribution < -0.4 is 10.5 Å². The fourth-order valence-corrected chi connectivity index (χ4v) is 4.66. The lowest BCUT2D eigenvalue weighted by Gasteiger charge is -2.20. The van der Waals surface area contributed by atoms with Crippen LogP contribution in [0, 0.1) is 13.8 Å². The van der Waals surface area contributed by atoms with E-state index in [2.05, 4.69) is 28.8 Å². The van der Waals surface area contributed by atoms with Crippen molar-refractivity contribution in [1.82, 2.24) is 24.9 Å². The summed E-state index contributed by atoms with van der Waals surface area (Å²) in [4.78, 5) is 38.1. The van der Waals surface area contributed by atoms with Crippen LogP contribution in [0.15, 0.2) is 53.6 Å². The van der Waals surface area contributed by atoms with E-state index < -0.39 is 0 Å². The Morgan fingerprint density at radius 3 is 2.71 bits per heavy atom. The molecule has 7 nitrogen and oxygen atoms in total. The van der Waals surface area contributed by atoms with Crippen molar-refractivity contribution in [3.8, 4) is 11.4 Å². The van der Waals surface area contributed by atoms with Crippen LogP contribution in [0.2, 0.25) is 0 Å². The molecule has 5 rings (SSSR count). The van der Waals surface area contributed by atoms with Gasteiger partial charge >= 0.3 is 0 Å². The number of fused-ring (bicyclic) bond motifs is 2. The monoisotopic (exact) mass is 428 g/mol. The topological polar surface area (TPSA) is 87.7 Å². The standard InChI is InChI=1S/C23H20N6OS/c1-13-14(2)31-23-19(13)21(27-20(28-23)15-7-6-10-24-11-15)29(3)12-18-25-17-9-5-4-8-16(17)22(30)26-18/h4-11H,12H2,1-3H3,(H,25,26,30). The predicted octanol–water partition coefficient (Wildman–Crippen LogP) is 4.24. The van der Waals surface area contributed by atoms with Crippen LogP contribution in [0.1, 0.15) is 16.3 Å². The van der Waals surface area contributed by atoms with E-state index in [0.29, 0.717) is 29.1 Å². The van der Waals surface area contributed by atoms with Gasteiger partial charge in [-0.2, -0.15) is 0 Å². The van der Waals surface area contributed by atoms with Gasteiger partial charge in [0, 0.05) is 29.9 Å². The van der Waals surface area contributed by atoms with Gasteiger partial charge in [0.15, 0.2) is 5.82 Å². The molecule has 31 heavy (non-hydrogen) atoms. The minimum Gasteiger partial charge on any atom is -0.352 e. The Morgan fingerprint density at radius 2 is 1.90 bits per heavy atom. The fraction of sp³-hybridized carbons (Fsp3) is 0.174. The second-order valence-corrected chi connectivity index (χ2v) is 8.66. The van der Waals surface area contributed by atoms with Crippen molar-refractivity contribution in [3.05, 3.63) is 75.4 Å². The molecule has 0 radical (unpaired) electrons. The lowest BCUT2D eigenvalue weighted by molar-refractivity contribution is 0.829. The molecule has 0 atom stereocenters. The van der Waals surface area contributed by atoms with Gasteiger partial charge < -0.3 is 9.88 Å². The molecule has 0 spiro atoms. The number of benzene rings is 1. The van der Waals surface area contributed by atoms with Gasteiger partial charge in [0.2, 0.25) is 0 Å². The Balaban J connectivity index is 1.62. The first-order chi connectivity index (χ1) is 15.0. The van der Waals surface area contributed by atoms with Crippen molar-refractivity contribution in [1.29, 1.82) is 0 Å². The number of anilines is 1. The minimum atomic E-state index is -0.138. The number of rotatable bonds is 4. The van der Waals surface area contributed by atoms with Crippen LogP contribution >= 0.6 is 11.3 Å². The lowest BCUT2D eigenvalue weighted by atomic mass is 10.2. The summed E-state index contributed by atoms with van der Waals surface area (Å²) in [5, 5.41) is 1.61. The average molecular weight is 429 g/mol. The predicted molar refractivity (Wildman–Crippen MR) is 125 cm³/mol. The van der Waals surface area contributed by atoms with Crippen molar-refractivity contribution < 1.29 is 0 Å². The summed E-state index contributed by atoms with van der Waals surface area (Å²) in [6.45, 7) is 4.60. The Hall–Kier alpha value is -3.65. The molecule has 0 saturated carbocycles. The number of hydrogen-bond donors (Lipinski definition) is 1. The highest BCUT2D eigenvalue weighted by molar-refractivity contribution is 7.18. The van der Waals surface area contributed by atoms with E-state index in [-0.39, 0.29) is 5.56 Å². The molecule has 4 aromatic heterocycles. The molecule has 154 valence electrons. The van der Waals surface area contributed by atoms with Crippen molar-refractivity contribution in [2.24, 2.45) is 0 Å². The molecule has 0 aliphatic heterocycles. The molecule has 0 saturated heterocycles. The molecular weight excluding hydrogens is 408 g/mol. The largest absolute Gasteiger partial charge is 0.352 e. The number of thiophene rings is 1. The highest BCUT2D eigenvalue weighted by atomic mass is 32.1. The highest BCUT2D eigenvalue weighted by Crippen LogP contribution is 2.36. The van der Waals surface area contributed by atoms with Gasteiger partial charge in [-0.25, -0.2) is 15.0 Å². The number of H-pyrrole nitrogens is 1. The van der Waals surface area contributed by atoms with Crippen molar-refractivity contribution in [2.75, 3.05) is 11.9 Å². The third-order valence-corrected chi connectivity index (χ3v) is 6.44. The average Bonchev–Trinajstić information content (AvgIpc) is 3.07. The Morgan fingerprint density at radius 1 is 1.06 bits per heavy atom. The third-order valence-electron chi connectivity index (χ3n) is 5.34.